The quantitative estimate of drug-likeness (QED) is 0.213. The van der Waals surface area contributed by atoms with Crippen molar-refractivity contribution in [1.29, 1.82) is 0 Å². The fourth-order valence-electron chi connectivity index (χ4n) is 6.09. The van der Waals surface area contributed by atoms with Gasteiger partial charge in [0.05, 0.1) is 5.52 Å². The van der Waals surface area contributed by atoms with Crippen LogP contribution in [-0.2, 0) is 6.42 Å². The van der Waals surface area contributed by atoms with E-state index in [-0.39, 0.29) is 0 Å². The van der Waals surface area contributed by atoms with E-state index in [0.29, 0.717) is 0 Å². The number of hydrogen-bond acceptors (Lipinski definition) is 3. The summed E-state index contributed by atoms with van der Waals surface area (Å²) in [7, 11) is 0. The molecule has 0 bridgehead atoms. The molecule has 0 atom stereocenters. The summed E-state index contributed by atoms with van der Waals surface area (Å²) in [6.07, 6.45) is 3.47. The number of hydrogen-bond donors (Lipinski definition) is 0. The van der Waals surface area contributed by atoms with Crippen molar-refractivity contribution in [3.05, 3.63) is 115 Å². The van der Waals surface area contributed by atoms with Crippen LogP contribution in [0.1, 0.15) is 25.3 Å². The normalized spacial score (nSPS) is 11.9. The Morgan fingerprint density at radius 1 is 0.650 bits per heavy atom. The first kappa shape index (κ1) is 23.0. The Morgan fingerprint density at radius 2 is 1.40 bits per heavy atom. The SMILES string of the molecule is CCCCc1ccc2c(c1)c1ccccc1c1nnc(-c3ccc(-c4cccc5c4oc4ccccc45)cc3)n21. The predicted molar refractivity (Wildman–Crippen MR) is 165 cm³/mol. The summed E-state index contributed by atoms with van der Waals surface area (Å²) in [5.41, 5.74) is 8.44. The van der Waals surface area contributed by atoms with Crippen molar-refractivity contribution in [2.24, 2.45) is 0 Å². The number of pyridine rings is 1. The molecule has 0 aliphatic heterocycles. The number of rotatable bonds is 5. The van der Waals surface area contributed by atoms with Crippen molar-refractivity contribution in [3.8, 4) is 22.5 Å². The summed E-state index contributed by atoms with van der Waals surface area (Å²) >= 11 is 0. The smallest absolute Gasteiger partial charge is 0.169 e. The van der Waals surface area contributed by atoms with Gasteiger partial charge in [0, 0.05) is 32.7 Å². The maximum Gasteiger partial charge on any atom is 0.169 e. The highest BCUT2D eigenvalue weighted by atomic mass is 16.3. The van der Waals surface area contributed by atoms with E-state index in [4.69, 9.17) is 9.52 Å². The monoisotopic (exact) mass is 517 g/mol. The summed E-state index contributed by atoms with van der Waals surface area (Å²) in [6.45, 7) is 2.24. The molecule has 0 aliphatic carbocycles. The first-order valence-corrected chi connectivity index (χ1v) is 14.0. The molecular formula is C36H27N3O. The average Bonchev–Trinajstić information content (AvgIpc) is 3.63. The summed E-state index contributed by atoms with van der Waals surface area (Å²) in [6, 6.07) is 38.6. The van der Waals surface area contributed by atoms with E-state index in [1.54, 1.807) is 0 Å². The molecule has 0 saturated heterocycles. The minimum absolute atomic E-state index is 0.848. The van der Waals surface area contributed by atoms with Gasteiger partial charge in [-0.15, -0.1) is 10.2 Å². The first-order chi connectivity index (χ1) is 19.8. The van der Waals surface area contributed by atoms with Crippen LogP contribution in [-0.4, -0.2) is 14.6 Å². The molecule has 192 valence electrons. The molecule has 0 radical (unpaired) electrons. The largest absolute Gasteiger partial charge is 0.455 e. The van der Waals surface area contributed by atoms with E-state index in [1.807, 2.05) is 12.1 Å². The zero-order valence-electron chi connectivity index (χ0n) is 22.3. The third-order valence-corrected chi connectivity index (χ3v) is 8.10. The van der Waals surface area contributed by atoms with E-state index < -0.39 is 0 Å². The lowest BCUT2D eigenvalue weighted by Crippen LogP contribution is -1.96. The van der Waals surface area contributed by atoms with Gasteiger partial charge < -0.3 is 4.42 Å². The number of fused-ring (bicyclic) bond motifs is 9. The maximum absolute atomic E-state index is 6.29. The number of unbranched alkanes of at least 4 members (excludes halogenated alkanes) is 1. The van der Waals surface area contributed by atoms with Crippen molar-refractivity contribution < 1.29 is 4.42 Å². The Balaban J connectivity index is 1.29. The fourth-order valence-corrected chi connectivity index (χ4v) is 6.09. The van der Waals surface area contributed by atoms with Crippen molar-refractivity contribution in [1.82, 2.24) is 14.6 Å². The summed E-state index contributed by atoms with van der Waals surface area (Å²) < 4.78 is 8.51. The van der Waals surface area contributed by atoms with Crippen LogP contribution in [0.5, 0.6) is 0 Å². The zero-order valence-corrected chi connectivity index (χ0v) is 22.3. The third-order valence-electron chi connectivity index (χ3n) is 8.10. The van der Waals surface area contributed by atoms with E-state index in [9.17, 15) is 0 Å². The van der Waals surface area contributed by atoms with Crippen molar-refractivity contribution in [3.63, 3.8) is 0 Å². The molecule has 4 nitrogen and oxygen atoms in total. The highest BCUT2D eigenvalue weighted by Gasteiger charge is 2.17. The molecule has 0 amide bonds. The third kappa shape index (κ3) is 3.46. The number of aryl methyl sites for hydroxylation is 1. The van der Waals surface area contributed by atoms with Crippen molar-refractivity contribution in [2.75, 3.05) is 0 Å². The molecule has 0 aliphatic rings. The maximum atomic E-state index is 6.29. The van der Waals surface area contributed by atoms with Gasteiger partial charge in [-0.05, 0) is 47.6 Å². The molecule has 0 unspecified atom stereocenters. The van der Waals surface area contributed by atoms with Gasteiger partial charge in [0.1, 0.15) is 11.2 Å². The molecule has 0 spiro atoms. The average molecular weight is 518 g/mol. The van der Waals surface area contributed by atoms with Crippen molar-refractivity contribution in [2.45, 2.75) is 26.2 Å². The Bertz CT molecular complexity index is 2200. The van der Waals surface area contributed by atoms with E-state index in [0.717, 1.165) is 67.4 Å². The van der Waals surface area contributed by atoms with Gasteiger partial charge in [-0.1, -0.05) is 104 Å². The number of benzene rings is 5. The second-order valence-electron chi connectivity index (χ2n) is 10.5. The second kappa shape index (κ2) is 9.06. The molecule has 0 N–H and O–H groups in total. The standard InChI is InChI=1S/C36H27N3O/c1-2-3-9-23-16-21-32-31(22-23)27-10-4-5-12-30(27)36-38-37-35(39(32)36)25-19-17-24(18-20-25)26-13-8-14-29-28-11-6-7-15-33(28)40-34(26)29/h4-8,10-22H,2-3,9H2,1H3. The number of nitrogens with zero attached hydrogens (tertiary/aromatic N) is 3. The summed E-state index contributed by atoms with van der Waals surface area (Å²) in [5, 5.41) is 15.3. The van der Waals surface area contributed by atoms with E-state index in [2.05, 4.69) is 113 Å². The molecule has 8 aromatic rings. The first-order valence-electron chi connectivity index (χ1n) is 14.0. The molecule has 40 heavy (non-hydrogen) atoms. The van der Waals surface area contributed by atoms with Gasteiger partial charge in [-0.3, -0.25) is 4.40 Å². The lowest BCUT2D eigenvalue weighted by atomic mass is 10.00. The van der Waals surface area contributed by atoms with E-state index in [1.165, 1.54) is 29.2 Å². The summed E-state index contributed by atoms with van der Waals surface area (Å²) in [5.74, 6) is 0.848. The fraction of sp³-hybridized carbons (Fsp3) is 0.111. The lowest BCUT2D eigenvalue weighted by molar-refractivity contribution is 0.670. The predicted octanol–water partition coefficient (Wildman–Crippen LogP) is 9.61. The van der Waals surface area contributed by atoms with Crippen LogP contribution in [0.2, 0.25) is 0 Å². The minimum atomic E-state index is 0.848. The molecule has 3 heterocycles. The topological polar surface area (TPSA) is 43.3 Å². The number of aromatic nitrogens is 3. The summed E-state index contributed by atoms with van der Waals surface area (Å²) in [4.78, 5) is 0. The van der Waals surface area contributed by atoms with Crippen LogP contribution < -0.4 is 0 Å². The van der Waals surface area contributed by atoms with Crippen LogP contribution in [0.3, 0.4) is 0 Å². The van der Waals surface area contributed by atoms with Gasteiger partial charge >= 0.3 is 0 Å². The van der Waals surface area contributed by atoms with Crippen LogP contribution >= 0.6 is 0 Å². The minimum Gasteiger partial charge on any atom is -0.455 e. The molecule has 0 saturated carbocycles. The Hall–Kier alpha value is -4.96. The Labute approximate surface area is 231 Å². The van der Waals surface area contributed by atoms with Crippen LogP contribution in [0.4, 0.5) is 0 Å². The molecule has 5 aromatic carbocycles. The molecule has 4 heteroatoms. The Morgan fingerprint density at radius 3 is 2.25 bits per heavy atom. The van der Waals surface area contributed by atoms with Gasteiger partial charge in [-0.2, -0.15) is 0 Å². The highest BCUT2D eigenvalue weighted by molar-refractivity contribution is 6.12. The van der Waals surface area contributed by atoms with Gasteiger partial charge in [0.25, 0.3) is 0 Å². The van der Waals surface area contributed by atoms with Gasteiger partial charge in [0.15, 0.2) is 11.5 Å². The van der Waals surface area contributed by atoms with Crippen molar-refractivity contribution >= 4 is 49.3 Å². The number of para-hydroxylation sites is 2. The number of furan rings is 1. The zero-order chi connectivity index (χ0) is 26.6. The van der Waals surface area contributed by atoms with Crippen LogP contribution in [0.25, 0.3) is 71.8 Å². The highest BCUT2D eigenvalue weighted by Crippen LogP contribution is 2.37. The lowest BCUT2D eigenvalue weighted by Gasteiger charge is -2.11. The Kier molecular flexibility index (Phi) is 5.20. The van der Waals surface area contributed by atoms with Gasteiger partial charge in [-0.25, -0.2) is 0 Å². The van der Waals surface area contributed by atoms with Crippen LogP contribution in [0, 0.1) is 0 Å². The molecule has 0 fully saturated rings. The van der Waals surface area contributed by atoms with Gasteiger partial charge in [0.2, 0.25) is 0 Å². The molecular weight excluding hydrogens is 490 g/mol. The van der Waals surface area contributed by atoms with E-state index >= 15 is 0 Å². The van der Waals surface area contributed by atoms with Crippen LogP contribution in [0.15, 0.2) is 114 Å². The molecule has 3 aromatic heterocycles. The second-order valence-corrected chi connectivity index (χ2v) is 10.5. The molecule has 8 rings (SSSR count).